The largest absolute Gasteiger partial charge is 0.337 e. The molecule has 0 radical (unpaired) electrons. The summed E-state index contributed by atoms with van der Waals surface area (Å²) in [5, 5.41) is 6.65. The van der Waals surface area contributed by atoms with E-state index in [4.69, 9.17) is 0 Å². The lowest BCUT2D eigenvalue weighted by atomic mass is 10.2. The van der Waals surface area contributed by atoms with Gasteiger partial charge in [-0.2, -0.15) is 9.40 Å². The highest BCUT2D eigenvalue weighted by Gasteiger charge is 2.32. The number of sulfonamides is 1. The summed E-state index contributed by atoms with van der Waals surface area (Å²) in [5.74, 6) is -0.387. The quantitative estimate of drug-likeness (QED) is 0.792. The highest BCUT2D eigenvalue weighted by molar-refractivity contribution is 7.89. The zero-order valence-electron chi connectivity index (χ0n) is 14.7. The molecule has 1 fully saturated rings. The third kappa shape index (κ3) is 3.29. The molecule has 3 rings (SSSR count). The molecule has 2 aromatic heterocycles. The molecule has 0 aliphatic carbocycles. The van der Waals surface area contributed by atoms with E-state index < -0.39 is 15.6 Å². The van der Waals surface area contributed by atoms with Crippen molar-refractivity contribution in [3.05, 3.63) is 45.6 Å². The zero-order chi connectivity index (χ0) is 18.9. The molecule has 0 bridgehead atoms. The minimum Gasteiger partial charge on any atom is -0.337 e. The van der Waals surface area contributed by atoms with Crippen LogP contribution in [0.1, 0.15) is 28.2 Å². The fourth-order valence-electron chi connectivity index (χ4n) is 3.15. The van der Waals surface area contributed by atoms with Gasteiger partial charge in [0.15, 0.2) is 0 Å². The Bertz CT molecular complexity index is 959. The standard InChI is InChI=1S/C16H21N5O4S/c1-11-14(12(2)19-18-11)26(24,25)21-8-4-7-20(9-10-21)16(23)13-5-3-6-17-15(13)22/h3,5-6H,4,7-10H2,1-2H3,(H,17,22)(H,18,19). The van der Waals surface area contributed by atoms with E-state index >= 15 is 0 Å². The van der Waals surface area contributed by atoms with Crippen LogP contribution in [0.3, 0.4) is 0 Å². The van der Waals surface area contributed by atoms with Crippen LogP contribution < -0.4 is 5.56 Å². The number of aryl methyl sites for hydroxylation is 2. The number of aromatic nitrogens is 3. The van der Waals surface area contributed by atoms with Crippen LogP contribution in [-0.4, -0.2) is 64.9 Å². The van der Waals surface area contributed by atoms with Gasteiger partial charge < -0.3 is 9.88 Å². The number of aromatic amines is 2. The second-order valence-electron chi connectivity index (χ2n) is 6.23. The molecular formula is C16H21N5O4S. The van der Waals surface area contributed by atoms with Gasteiger partial charge in [-0.05, 0) is 32.4 Å². The number of hydrogen-bond donors (Lipinski definition) is 2. The van der Waals surface area contributed by atoms with Gasteiger partial charge in [-0.1, -0.05) is 0 Å². The smallest absolute Gasteiger partial charge is 0.260 e. The van der Waals surface area contributed by atoms with Crippen LogP contribution in [0.15, 0.2) is 28.0 Å². The number of H-pyrrole nitrogens is 2. The van der Waals surface area contributed by atoms with Gasteiger partial charge in [-0.3, -0.25) is 14.7 Å². The van der Waals surface area contributed by atoms with Gasteiger partial charge in [0.2, 0.25) is 10.0 Å². The van der Waals surface area contributed by atoms with Crippen molar-refractivity contribution in [3.8, 4) is 0 Å². The van der Waals surface area contributed by atoms with E-state index in [1.54, 1.807) is 19.9 Å². The van der Waals surface area contributed by atoms with E-state index in [0.717, 1.165) is 0 Å². The maximum Gasteiger partial charge on any atom is 0.260 e. The Balaban J connectivity index is 1.80. The van der Waals surface area contributed by atoms with Crippen LogP contribution in [-0.2, 0) is 10.0 Å². The Kier molecular flexibility index (Phi) is 4.97. The summed E-state index contributed by atoms with van der Waals surface area (Å²) < 4.78 is 27.3. The van der Waals surface area contributed by atoms with Crippen LogP contribution in [0.5, 0.6) is 0 Å². The van der Waals surface area contributed by atoms with Crippen molar-refractivity contribution in [2.75, 3.05) is 26.2 Å². The van der Waals surface area contributed by atoms with Gasteiger partial charge in [-0.15, -0.1) is 0 Å². The molecule has 0 unspecified atom stereocenters. The van der Waals surface area contributed by atoms with E-state index in [-0.39, 0.29) is 29.5 Å². The lowest BCUT2D eigenvalue weighted by Gasteiger charge is -2.22. The Morgan fingerprint density at radius 2 is 1.96 bits per heavy atom. The molecule has 3 heterocycles. The highest BCUT2D eigenvalue weighted by atomic mass is 32.2. The van der Waals surface area contributed by atoms with Crippen molar-refractivity contribution in [1.29, 1.82) is 0 Å². The molecule has 2 aromatic rings. The van der Waals surface area contributed by atoms with Crippen molar-refractivity contribution < 1.29 is 13.2 Å². The molecule has 0 atom stereocenters. The molecule has 10 heteroatoms. The summed E-state index contributed by atoms with van der Waals surface area (Å²) in [7, 11) is -3.69. The number of nitrogens with zero attached hydrogens (tertiary/aromatic N) is 3. The van der Waals surface area contributed by atoms with Gasteiger partial charge in [0.1, 0.15) is 10.5 Å². The van der Waals surface area contributed by atoms with Crippen LogP contribution >= 0.6 is 0 Å². The molecule has 140 valence electrons. The second-order valence-corrected chi connectivity index (χ2v) is 8.10. The molecule has 1 aliphatic rings. The molecule has 0 spiro atoms. The van der Waals surface area contributed by atoms with Crippen LogP contribution in [0.25, 0.3) is 0 Å². The van der Waals surface area contributed by atoms with Gasteiger partial charge >= 0.3 is 0 Å². The lowest BCUT2D eigenvalue weighted by Crippen LogP contribution is -2.39. The summed E-state index contributed by atoms with van der Waals surface area (Å²) in [6, 6.07) is 3.06. The number of amides is 1. The first kappa shape index (κ1) is 18.3. The maximum absolute atomic E-state index is 13.0. The number of carbonyl (C=O) groups is 1. The number of hydrogen-bond acceptors (Lipinski definition) is 5. The fourth-order valence-corrected chi connectivity index (χ4v) is 4.95. The first-order valence-corrected chi connectivity index (χ1v) is 9.75. The predicted octanol–water partition coefficient (Wildman–Crippen LogP) is 0.252. The minimum atomic E-state index is -3.69. The van der Waals surface area contributed by atoms with E-state index in [1.165, 1.54) is 21.5 Å². The molecule has 0 aromatic carbocycles. The topological polar surface area (TPSA) is 119 Å². The van der Waals surface area contributed by atoms with E-state index in [2.05, 4.69) is 15.2 Å². The van der Waals surface area contributed by atoms with Gasteiger partial charge in [0.05, 0.1) is 11.4 Å². The Labute approximate surface area is 151 Å². The molecule has 1 saturated heterocycles. The van der Waals surface area contributed by atoms with Crippen molar-refractivity contribution in [2.24, 2.45) is 0 Å². The van der Waals surface area contributed by atoms with E-state index in [1.807, 2.05) is 0 Å². The zero-order valence-corrected chi connectivity index (χ0v) is 15.5. The SMILES string of the molecule is Cc1n[nH]c(C)c1S(=O)(=O)N1CCCN(C(=O)c2ccc[nH]c2=O)CC1. The molecule has 26 heavy (non-hydrogen) atoms. The highest BCUT2D eigenvalue weighted by Crippen LogP contribution is 2.23. The molecule has 0 saturated carbocycles. The van der Waals surface area contributed by atoms with Gasteiger partial charge in [0.25, 0.3) is 11.5 Å². The average molecular weight is 379 g/mol. The predicted molar refractivity (Wildman–Crippen MR) is 94.4 cm³/mol. The van der Waals surface area contributed by atoms with Crippen molar-refractivity contribution >= 4 is 15.9 Å². The van der Waals surface area contributed by atoms with Crippen LogP contribution in [0, 0.1) is 13.8 Å². The third-order valence-corrected chi connectivity index (χ3v) is 6.61. The van der Waals surface area contributed by atoms with Crippen molar-refractivity contribution in [3.63, 3.8) is 0 Å². The van der Waals surface area contributed by atoms with Crippen LogP contribution in [0.4, 0.5) is 0 Å². The van der Waals surface area contributed by atoms with Crippen molar-refractivity contribution in [2.45, 2.75) is 25.2 Å². The summed E-state index contributed by atoms with van der Waals surface area (Å²) in [5.41, 5.74) is 0.534. The molecule has 1 amide bonds. The number of carbonyl (C=O) groups excluding carboxylic acids is 1. The lowest BCUT2D eigenvalue weighted by molar-refractivity contribution is 0.0762. The Hall–Kier alpha value is -2.46. The van der Waals surface area contributed by atoms with Gasteiger partial charge in [0, 0.05) is 32.4 Å². The number of nitrogens with one attached hydrogen (secondary N) is 2. The maximum atomic E-state index is 13.0. The second kappa shape index (κ2) is 7.04. The Morgan fingerprint density at radius 1 is 1.19 bits per heavy atom. The number of rotatable bonds is 3. The summed E-state index contributed by atoms with van der Waals surface area (Å²) in [4.78, 5) is 28.6. The molecule has 2 N–H and O–H groups in total. The molecular weight excluding hydrogens is 358 g/mol. The van der Waals surface area contributed by atoms with Crippen LogP contribution in [0.2, 0.25) is 0 Å². The summed E-state index contributed by atoms with van der Waals surface area (Å²) in [6.45, 7) is 4.41. The monoisotopic (exact) mass is 379 g/mol. The Morgan fingerprint density at radius 3 is 2.62 bits per heavy atom. The first-order valence-electron chi connectivity index (χ1n) is 8.31. The van der Waals surface area contributed by atoms with E-state index in [0.29, 0.717) is 30.9 Å². The third-order valence-electron chi connectivity index (χ3n) is 4.45. The number of pyridine rings is 1. The molecule has 1 aliphatic heterocycles. The summed E-state index contributed by atoms with van der Waals surface area (Å²) in [6.07, 6.45) is 1.96. The normalized spacial score (nSPS) is 16.5. The summed E-state index contributed by atoms with van der Waals surface area (Å²) >= 11 is 0. The fraction of sp³-hybridized carbons (Fsp3) is 0.438. The van der Waals surface area contributed by atoms with Crippen molar-refractivity contribution in [1.82, 2.24) is 24.4 Å². The van der Waals surface area contributed by atoms with E-state index in [9.17, 15) is 18.0 Å². The van der Waals surface area contributed by atoms with Gasteiger partial charge in [-0.25, -0.2) is 8.42 Å². The minimum absolute atomic E-state index is 0.0605. The first-order chi connectivity index (χ1) is 12.3. The molecule has 9 nitrogen and oxygen atoms in total. The average Bonchev–Trinajstić information content (AvgIpc) is 2.81.